The van der Waals surface area contributed by atoms with Crippen LogP contribution in [0.1, 0.15) is 65.3 Å². The fourth-order valence-electron chi connectivity index (χ4n) is 5.30. The SMILES string of the molecule is CC(C)O[C@H]1CC[C@](C)(N2CCC(n3c(=O)oc4ccc(S(C)(=O)=O)cc43)CC2)CC1. The molecule has 0 atom stereocenters. The molecule has 2 fully saturated rings. The van der Waals surface area contributed by atoms with E-state index in [1.165, 1.54) is 12.3 Å². The Morgan fingerprint density at radius 2 is 1.77 bits per heavy atom. The Hall–Kier alpha value is -1.64. The average molecular weight is 451 g/mol. The van der Waals surface area contributed by atoms with Crippen molar-refractivity contribution in [3.05, 3.63) is 28.7 Å². The maximum Gasteiger partial charge on any atom is 0.420 e. The summed E-state index contributed by atoms with van der Waals surface area (Å²) in [6.45, 7) is 8.39. The van der Waals surface area contributed by atoms with E-state index in [0.29, 0.717) is 17.2 Å². The lowest BCUT2D eigenvalue weighted by Gasteiger charge is -2.48. The number of likely N-dealkylation sites (tertiary alicyclic amines) is 1. The van der Waals surface area contributed by atoms with Crippen molar-refractivity contribution in [2.24, 2.45) is 0 Å². The van der Waals surface area contributed by atoms with Crippen molar-refractivity contribution < 1.29 is 17.6 Å². The number of oxazole rings is 1. The summed E-state index contributed by atoms with van der Waals surface area (Å²) in [4.78, 5) is 15.4. The molecule has 2 aliphatic rings. The van der Waals surface area contributed by atoms with E-state index in [2.05, 4.69) is 25.7 Å². The number of ether oxygens (including phenoxy) is 1. The van der Waals surface area contributed by atoms with Crippen LogP contribution in [0.2, 0.25) is 0 Å². The van der Waals surface area contributed by atoms with Crippen molar-refractivity contribution >= 4 is 20.9 Å². The molecule has 1 aromatic carbocycles. The summed E-state index contributed by atoms with van der Waals surface area (Å²) in [6, 6.07) is 4.66. The van der Waals surface area contributed by atoms with Crippen molar-refractivity contribution in [3.8, 4) is 0 Å². The zero-order chi connectivity index (χ0) is 22.4. The molecule has 1 saturated carbocycles. The molecule has 7 nitrogen and oxygen atoms in total. The maximum absolute atomic E-state index is 12.6. The highest BCUT2D eigenvalue weighted by molar-refractivity contribution is 7.90. The first-order chi connectivity index (χ1) is 14.6. The summed E-state index contributed by atoms with van der Waals surface area (Å²) in [6.07, 6.45) is 7.95. The molecule has 0 amide bonds. The lowest BCUT2D eigenvalue weighted by molar-refractivity contribution is -0.0520. The van der Waals surface area contributed by atoms with Crippen LogP contribution in [0.3, 0.4) is 0 Å². The predicted molar refractivity (Wildman–Crippen MR) is 120 cm³/mol. The summed E-state index contributed by atoms with van der Waals surface area (Å²) in [5.74, 6) is -0.406. The number of hydrogen-bond donors (Lipinski definition) is 0. The number of benzene rings is 1. The highest BCUT2D eigenvalue weighted by Gasteiger charge is 2.39. The van der Waals surface area contributed by atoms with E-state index < -0.39 is 15.6 Å². The van der Waals surface area contributed by atoms with E-state index >= 15 is 0 Å². The van der Waals surface area contributed by atoms with E-state index in [1.54, 1.807) is 16.7 Å². The number of rotatable bonds is 5. The van der Waals surface area contributed by atoms with Crippen LogP contribution in [0.25, 0.3) is 11.1 Å². The average Bonchev–Trinajstić information content (AvgIpc) is 3.04. The Balaban J connectivity index is 1.47. The van der Waals surface area contributed by atoms with Gasteiger partial charge in [0.05, 0.1) is 22.6 Å². The predicted octanol–water partition coefficient (Wildman–Crippen LogP) is 3.76. The molecule has 0 bridgehead atoms. The molecule has 0 unspecified atom stereocenters. The van der Waals surface area contributed by atoms with Crippen molar-refractivity contribution in [2.75, 3.05) is 19.3 Å². The van der Waals surface area contributed by atoms with Crippen LogP contribution in [0.15, 0.2) is 32.3 Å². The largest absolute Gasteiger partial charge is 0.420 e. The summed E-state index contributed by atoms with van der Waals surface area (Å²) < 4.78 is 37.0. The van der Waals surface area contributed by atoms with Crippen LogP contribution in [0, 0.1) is 0 Å². The van der Waals surface area contributed by atoms with Crippen LogP contribution in [0.5, 0.6) is 0 Å². The smallest absolute Gasteiger partial charge is 0.408 e. The van der Waals surface area contributed by atoms with Gasteiger partial charge in [0, 0.05) is 30.9 Å². The minimum absolute atomic E-state index is 0.0176. The van der Waals surface area contributed by atoms with Crippen molar-refractivity contribution in [3.63, 3.8) is 0 Å². The van der Waals surface area contributed by atoms with Gasteiger partial charge in [0.25, 0.3) is 0 Å². The van der Waals surface area contributed by atoms with Gasteiger partial charge in [-0.15, -0.1) is 0 Å². The van der Waals surface area contributed by atoms with Crippen molar-refractivity contribution in [1.29, 1.82) is 0 Å². The van der Waals surface area contributed by atoms with E-state index in [4.69, 9.17) is 9.15 Å². The normalized spacial score (nSPS) is 26.7. The molecule has 0 spiro atoms. The van der Waals surface area contributed by atoms with E-state index in [9.17, 15) is 13.2 Å². The van der Waals surface area contributed by atoms with Crippen molar-refractivity contribution in [1.82, 2.24) is 9.47 Å². The molecule has 172 valence electrons. The summed E-state index contributed by atoms with van der Waals surface area (Å²) in [5.41, 5.74) is 1.19. The van der Waals surface area contributed by atoms with Gasteiger partial charge < -0.3 is 9.15 Å². The minimum Gasteiger partial charge on any atom is -0.408 e. The highest BCUT2D eigenvalue weighted by Crippen LogP contribution is 2.38. The second-order valence-electron chi connectivity index (χ2n) is 9.74. The molecular formula is C23H34N2O5S. The molecule has 31 heavy (non-hydrogen) atoms. The van der Waals surface area contributed by atoms with Gasteiger partial charge in [-0.1, -0.05) is 0 Å². The second-order valence-corrected chi connectivity index (χ2v) is 11.8. The third-order valence-electron chi connectivity index (χ3n) is 7.08. The van der Waals surface area contributed by atoms with Crippen molar-refractivity contribution in [2.45, 2.75) is 88.0 Å². The first-order valence-electron chi connectivity index (χ1n) is 11.3. The molecule has 2 heterocycles. The summed E-state index contributed by atoms with van der Waals surface area (Å²) in [7, 11) is -3.35. The fourth-order valence-corrected chi connectivity index (χ4v) is 5.95. The lowest BCUT2D eigenvalue weighted by atomic mass is 9.79. The van der Waals surface area contributed by atoms with Gasteiger partial charge >= 0.3 is 5.76 Å². The van der Waals surface area contributed by atoms with Gasteiger partial charge in [-0.05, 0) is 77.5 Å². The van der Waals surface area contributed by atoms with Gasteiger partial charge in [-0.3, -0.25) is 9.47 Å². The van der Waals surface area contributed by atoms with Crippen LogP contribution in [0.4, 0.5) is 0 Å². The molecule has 1 saturated heterocycles. The van der Waals surface area contributed by atoms with Gasteiger partial charge in [0.1, 0.15) is 0 Å². The number of nitrogens with zero attached hydrogens (tertiary/aromatic N) is 2. The van der Waals surface area contributed by atoms with Gasteiger partial charge in [-0.25, -0.2) is 13.2 Å². The quantitative estimate of drug-likeness (QED) is 0.690. The number of sulfone groups is 1. The standard InChI is InChI=1S/C23H34N2O5S/c1-16(2)29-18-7-11-23(3,12-8-18)24-13-9-17(10-14-24)25-20-15-19(31(4,27)28)5-6-21(20)30-22(25)26/h5-6,15-18H,7-14H2,1-4H3/t18-,23-. The Labute approximate surface area is 184 Å². The number of piperidine rings is 1. The third kappa shape index (κ3) is 4.61. The number of hydrogen-bond acceptors (Lipinski definition) is 6. The molecule has 2 aromatic rings. The van der Waals surface area contributed by atoms with E-state index in [-0.39, 0.29) is 22.6 Å². The molecule has 0 N–H and O–H groups in total. The molecule has 4 rings (SSSR count). The Morgan fingerprint density at radius 1 is 1.13 bits per heavy atom. The summed E-state index contributed by atoms with van der Waals surface area (Å²) in [5, 5.41) is 0. The van der Waals surface area contributed by atoms with Crippen LogP contribution < -0.4 is 5.76 Å². The van der Waals surface area contributed by atoms with Crippen LogP contribution in [-0.4, -0.2) is 55.0 Å². The van der Waals surface area contributed by atoms with E-state index in [0.717, 1.165) is 51.6 Å². The molecule has 0 radical (unpaired) electrons. The Morgan fingerprint density at radius 3 is 2.35 bits per heavy atom. The molecule has 1 aliphatic carbocycles. The fraction of sp³-hybridized carbons (Fsp3) is 0.696. The number of fused-ring (bicyclic) bond motifs is 1. The molecule has 1 aliphatic heterocycles. The first kappa shape index (κ1) is 22.6. The van der Waals surface area contributed by atoms with Crippen LogP contribution in [-0.2, 0) is 14.6 Å². The maximum atomic E-state index is 12.6. The van der Waals surface area contributed by atoms with Gasteiger partial charge in [0.15, 0.2) is 15.4 Å². The lowest BCUT2D eigenvalue weighted by Crippen LogP contribution is -2.53. The van der Waals surface area contributed by atoms with Gasteiger partial charge in [0.2, 0.25) is 0 Å². The zero-order valence-corrected chi connectivity index (χ0v) is 19.8. The molecular weight excluding hydrogens is 416 g/mol. The Kier molecular flexibility index (Phi) is 6.09. The Bertz CT molecular complexity index is 1080. The molecule has 1 aromatic heterocycles. The zero-order valence-electron chi connectivity index (χ0n) is 19.0. The first-order valence-corrected chi connectivity index (χ1v) is 13.2. The monoisotopic (exact) mass is 450 g/mol. The minimum atomic E-state index is -3.35. The number of aromatic nitrogens is 1. The van der Waals surface area contributed by atoms with E-state index in [1.807, 2.05) is 0 Å². The van der Waals surface area contributed by atoms with Gasteiger partial charge in [-0.2, -0.15) is 0 Å². The highest BCUT2D eigenvalue weighted by atomic mass is 32.2. The van der Waals surface area contributed by atoms with Crippen LogP contribution >= 0.6 is 0 Å². The summed E-state index contributed by atoms with van der Waals surface area (Å²) >= 11 is 0. The topological polar surface area (TPSA) is 81.8 Å². The third-order valence-corrected chi connectivity index (χ3v) is 8.19. The second kappa shape index (κ2) is 8.37. The molecule has 8 heteroatoms.